The van der Waals surface area contributed by atoms with Crippen molar-refractivity contribution in [2.75, 3.05) is 0 Å². The van der Waals surface area contributed by atoms with E-state index in [1.165, 1.54) is 6.92 Å². The Hall–Kier alpha value is -0.880. The molecule has 0 spiro atoms. The first kappa shape index (κ1) is 12.1. The third-order valence-electron chi connectivity index (χ3n) is 2.18. The lowest BCUT2D eigenvalue weighted by molar-refractivity contribution is -0.117. The van der Waals surface area contributed by atoms with Crippen molar-refractivity contribution in [3.05, 3.63) is 0 Å². The summed E-state index contributed by atoms with van der Waals surface area (Å²) in [5.41, 5.74) is -0.870. The first-order chi connectivity index (χ1) is 5.88. The molecule has 3 heteroatoms. The number of nitrogens with zero attached hydrogens (tertiary/aromatic N) is 1. The van der Waals surface area contributed by atoms with Gasteiger partial charge >= 0.3 is 0 Å². The molecular weight excluding hydrogens is 166 g/mol. The van der Waals surface area contributed by atoms with Crippen LogP contribution in [0.1, 0.15) is 40.0 Å². The van der Waals surface area contributed by atoms with E-state index in [-0.39, 0.29) is 11.7 Å². The van der Waals surface area contributed by atoms with Crippen LogP contribution in [0.25, 0.3) is 0 Å². The van der Waals surface area contributed by atoms with Crippen molar-refractivity contribution < 1.29 is 9.90 Å². The maximum Gasteiger partial charge on any atom is 0.129 e. The van der Waals surface area contributed by atoms with Crippen molar-refractivity contribution >= 4 is 5.78 Å². The summed E-state index contributed by atoms with van der Waals surface area (Å²) in [6.07, 6.45) is 1.33. The topological polar surface area (TPSA) is 61.1 Å². The fraction of sp³-hybridized carbons (Fsp3) is 0.800. The van der Waals surface area contributed by atoms with Gasteiger partial charge in [-0.25, -0.2) is 0 Å². The number of rotatable bonds is 5. The number of carbonyl (C=O) groups excluding carboxylic acids is 1. The van der Waals surface area contributed by atoms with Gasteiger partial charge in [-0.1, -0.05) is 0 Å². The number of hydrogen-bond acceptors (Lipinski definition) is 3. The molecule has 74 valence electrons. The third kappa shape index (κ3) is 5.37. The van der Waals surface area contributed by atoms with Crippen LogP contribution < -0.4 is 0 Å². The summed E-state index contributed by atoms with van der Waals surface area (Å²) in [5.74, 6) is -0.00594. The molecule has 0 bridgehead atoms. The Bertz CT molecular complexity index is 210. The van der Waals surface area contributed by atoms with Crippen LogP contribution in [0.3, 0.4) is 0 Å². The minimum atomic E-state index is -0.870. The summed E-state index contributed by atoms with van der Waals surface area (Å²) in [6, 6.07) is 2.03. The second-order valence-corrected chi connectivity index (χ2v) is 3.95. The molecule has 0 heterocycles. The molecule has 0 aromatic carbocycles. The summed E-state index contributed by atoms with van der Waals surface area (Å²) >= 11 is 0. The van der Waals surface area contributed by atoms with E-state index >= 15 is 0 Å². The van der Waals surface area contributed by atoms with Crippen molar-refractivity contribution in [3.8, 4) is 6.07 Å². The standard InChI is InChI=1S/C10H17NO2/c1-8(12)4-5-9(6-7-11)10(2,3)13/h9,13H,4-6H2,1-3H3/t9-/m0/s1. The van der Waals surface area contributed by atoms with Crippen molar-refractivity contribution in [3.63, 3.8) is 0 Å². The summed E-state index contributed by atoms with van der Waals surface area (Å²) in [4.78, 5) is 10.7. The van der Waals surface area contributed by atoms with Crippen molar-refractivity contribution in [1.82, 2.24) is 0 Å². The Morgan fingerprint density at radius 2 is 2.15 bits per heavy atom. The average molecular weight is 183 g/mol. The molecule has 0 radical (unpaired) electrons. The number of nitriles is 1. The third-order valence-corrected chi connectivity index (χ3v) is 2.18. The highest BCUT2D eigenvalue weighted by molar-refractivity contribution is 5.75. The number of ketones is 1. The second-order valence-electron chi connectivity index (χ2n) is 3.95. The van der Waals surface area contributed by atoms with Gasteiger partial charge in [0, 0.05) is 18.8 Å². The van der Waals surface area contributed by atoms with Crippen LogP contribution in [-0.2, 0) is 4.79 Å². The molecule has 0 unspecified atom stereocenters. The molecular formula is C10H17NO2. The second kappa shape index (κ2) is 4.98. The molecule has 0 aliphatic rings. The van der Waals surface area contributed by atoms with E-state index in [2.05, 4.69) is 0 Å². The average Bonchev–Trinajstić information content (AvgIpc) is 1.95. The van der Waals surface area contributed by atoms with E-state index in [9.17, 15) is 9.90 Å². The summed E-state index contributed by atoms with van der Waals surface area (Å²) in [5, 5.41) is 18.2. The molecule has 0 aliphatic heterocycles. The zero-order valence-corrected chi connectivity index (χ0v) is 8.50. The van der Waals surface area contributed by atoms with Gasteiger partial charge in [-0.2, -0.15) is 5.26 Å². The molecule has 0 fully saturated rings. The van der Waals surface area contributed by atoms with Crippen LogP contribution >= 0.6 is 0 Å². The Morgan fingerprint density at radius 3 is 2.46 bits per heavy atom. The lowest BCUT2D eigenvalue weighted by Gasteiger charge is -2.26. The highest BCUT2D eigenvalue weighted by atomic mass is 16.3. The van der Waals surface area contributed by atoms with Gasteiger partial charge in [-0.3, -0.25) is 0 Å². The van der Waals surface area contributed by atoms with Crippen molar-refractivity contribution in [2.45, 2.75) is 45.6 Å². The van der Waals surface area contributed by atoms with Crippen LogP contribution in [0.15, 0.2) is 0 Å². The van der Waals surface area contributed by atoms with Crippen molar-refractivity contribution in [2.24, 2.45) is 5.92 Å². The molecule has 0 aromatic heterocycles. The van der Waals surface area contributed by atoms with E-state index in [1.54, 1.807) is 13.8 Å². The van der Waals surface area contributed by atoms with Crippen LogP contribution in [0, 0.1) is 17.2 Å². The molecule has 0 aliphatic carbocycles. The van der Waals surface area contributed by atoms with E-state index in [4.69, 9.17) is 5.26 Å². The highest BCUT2D eigenvalue weighted by Crippen LogP contribution is 2.24. The van der Waals surface area contributed by atoms with E-state index < -0.39 is 5.60 Å². The SMILES string of the molecule is CC(=O)CC[C@@H](CC#N)C(C)(C)O. The number of hydrogen-bond donors (Lipinski definition) is 1. The Balaban J connectivity index is 4.12. The fourth-order valence-electron chi connectivity index (χ4n) is 1.19. The van der Waals surface area contributed by atoms with E-state index in [0.29, 0.717) is 19.3 Å². The van der Waals surface area contributed by atoms with E-state index in [0.717, 1.165) is 0 Å². The Labute approximate surface area is 79.4 Å². The quantitative estimate of drug-likeness (QED) is 0.705. The predicted molar refractivity (Wildman–Crippen MR) is 49.9 cm³/mol. The molecule has 3 nitrogen and oxygen atoms in total. The molecule has 1 atom stereocenters. The van der Waals surface area contributed by atoms with Gasteiger partial charge in [0.1, 0.15) is 5.78 Å². The van der Waals surface area contributed by atoms with Gasteiger partial charge in [-0.15, -0.1) is 0 Å². The monoisotopic (exact) mass is 183 g/mol. The smallest absolute Gasteiger partial charge is 0.129 e. The molecule has 1 N–H and O–H groups in total. The van der Waals surface area contributed by atoms with Gasteiger partial charge in [0.05, 0.1) is 11.7 Å². The summed E-state index contributed by atoms with van der Waals surface area (Å²) in [6.45, 7) is 4.87. The largest absolute Gasteiger partial charge is 0.390 e. The zero-order chi connectivity index (χ0) is 10.5. The van der Waals surface area contributed by atoms with Crippen LogP contribution in [0.2, 0.25) is 0 Å². The lowest BCUT2D eigenvalue weighted by atomic mass is 9.84. The maximum absolute atomic E-state index is 10.7. The minimum absolute atomic E-state index is 0.104. The number of aliphatic hydroxyl groups is 1. The van der Waals surface area contributed by atoms with Gasteiger partial charge in [-0.05, 0) is 27.2 Å². The summed E-state index contributed by atoms with van der Waals surface area (Å²) in [7, 11) is 0. The predicted octanol–water partition coefficient (Wildman–Crippen LogP) is 1.66. The summed E-state index contributed by atoms with van der Waals surface area (Å²) < 4.78 is 0. The fourth-order valence-corrected chi connectivity index (χ4v) is 1.19. The number of carbonyl (C=O) groups is 1. The van der Waals surface area contributed by atoms with E-state index in [1.807, 2.05) is 6.07 Å². The number of Topliss-reactive ketones (excluding diaryl/α,β-unsaturated/α-hetero) is 1. The molecule has 0 saturated heterocycles. The van der Waals surface area contributed by atoms with Crippen LogP contribution in [0.5, 0.6) is 0 Å². The highest BCUT2D eigenvalue weighted by Gasteiger charge is 2.26. The lowest BCUT2D eigenvalue weighted by Crippen LogP contribution is -2.30. The molecule has 0 rings (SSSR count). The zero-order valence-electron chi connectivity index (χ0n) is 8.50. The van der Waals surface area contributed by atoms with Crippen molar-refractivity contribution in [1.29, 1.82) is 5.26 Å². The molecule has 13 heavy (non-hydrogen) atoms. The van der Waals surface area contributed by atoms with Gasteiger partial charge < -0.3 is 9.90 Å². The first-order valence-corrected chi connectivity index (χ1v) is 4.46. The molecule has 0 aromatic rings. The van der Waals surface area contributed by atoms with Gasteiger partial charge in [0.25, 0.3) is 0 Å². The first-order valence-electron chi connectivity index (χ1n) is 4.46. The Morgan fingerprint density at radius 1 is 1.62 bits per heavy atom. The maximum atomic E-state index is 10.7. The van der Waals surface area contributed by atoms with Gasteiger partial charge in [0.2, 0.25) is 0 Å². The van der Waals surface area contributed by atoms with Gasteiger partial charge in [0.15, 0.2) is 0 Å². The minimum Gasteiger partial charge on any atom is -0.390 e. The van der Waals surface area contributed by atoms with Crippen LogP contribution in [0.4, 0.5) is 0 Å². The molecule has 0 amide bonds. The molecule has 0 saturated carbocycles. The normalized spacial score (nSPS) is 13.5. The Kier molecular flexibility index (Phi) is 4.64. The van der Waals surface area contributed by atoms with Crippen LogP contribution in [-0.4, -0.2) is 16.5 Å².